The summed E-state index contributed by atoms with van der Waals surface area (Å²) in [7, 11) is 4.88. The van der Waals surface area contributed by atoms with Gasteiger partial charge in [-0.25, -0.2) is 0 Å². The minimum absolute atomic E-state index is 0.120. The maximum Gasteiger partial charge on any atom is 0.159 e. The first-order valence-electron chi connectivity index (χ1n) is 4.74. The Balaban J connectivity index is 0.000000280. The predicted octanol–water partition coefficient (Wildman–Crippen LogP) is 1.72. The number of ether oxygens (including phenoxy) is 3. The fraction of sp³-hybridized carbons (Fsp3) is 0.545. The summed E-state index contributed by atoms with van der Waals surface area (Å²) in [6.07, 6.45) is 4.16. The van der Waals surface area contributed by atoms with E-state index in [-0.39, 0.29) is 6.29 Å². The highest BCUT2D eigenvalue weighted by molar-refractivity contribution is 4.88. The van der Waals surface area contributed by atoms with Gasteiger partial charge in [-0.15, -0.1) is 0 Å². The molecule has 0 aromatic carbocycles. The van der Waals surface area contributed by atoms with E-state index in [1.165, 1.54) is 0 Å². The van der Waals surface area contributed by atoms with Gasteiger partial charge in [-0.05, 0) is 12.1 Å². The number of methoxy groups -OCH3 is 3. The van der Waals surface area contributed by atoms with Crippen LogP contribution in [-0.2, 0) is 14.2 Å². The molecule has 0 N–H and O–H groups in total. The molecule has 0 bridgehead atoms. The molecular formula is C11H19NO3. The topological polar surface area (TPSA) is 40.6 Å². The Kier molecular flexibility index (Phi) is 10.4. The van der Waals surface area contributed by atoms with Gasteiger partial charge in [0.05, 0.1) is 6.61 Å². The van der Waals surface area contributed by atoms with E-state index in [9.17, 15) is 0 Å². The highest BCUT2D eigenvalue weighted by Gasteiger charge is 2.01. The number of nitrogens with zero attached hydrogens (tertiary/aromatic N) is 1. The minimum atomic E-state index is -0.120. The molecule has 0 saturated carbocycles. The van der Waals surface area contributed by atoms with Crippen LogP contribution >= 0.6 is 0 Å². The largest absolute Gasteiger partial charge is 0.384 e. The van der Waals surface area contributed by atoms with E-state index in [0.29, 0.717) is 6.61 Å². The Bertz CT molecular complexity index is 176. The van der Waals surface area contributed by atoms with Crippen LogP contribution in [0.2, 0.25) is 0 Å². The van der Waals surface area contributed by atoms with Crippen molar-refractivity contribution in [3.8, 4) is 0 Å². The molecule has 4 nitrogen and oxygen atoms in total. The molecular weight excluding hydrogens is 194 g/mol. The first-order valence-corrected chi connectivity index (χ1v) is 4.74. The van der Waals surface area contributed by atoms with Crippen LogP contribution in [0.4, 0.5) is 0 Å². The van der Waals surface area contributed by atoms with Gasteiger partial charge >= 0.3 is 0 Å². The van der Waals surface area contributed by atoms with Crippen molar-refractivity contribution < 1.29 is 14.2 Å². The summed E-state index contributed by atoms with van der Waals surface area (Å²) in [6, 6.07) is 5.72. The van der Waals surface area contributed by atoms with E-state index in [2.05, 4.69) is 4.98 Å². The van der Waals surface area contributed by atoms with Gasteiger partial charge in [-0.3, -0.25) is 4.98 Å². The minimum Gasteiger partial charge on any atom is -0.384 e. The smallest absolute Gasteiger partial charge is 0.159 e. The molecule has 0 amide bonds. The number of aromatic nitrogens is 1. The molecule has 1 rings (SSSR count). The summed E-state index contributed by atoms with van der Waals surface area (Å²) >= 11 is 0. The average Bonchev–Trinajstić information content (AvgIpc) is 2.34. The Morgan fingerprint density at radius 3 is 1.87 bits per heavy atom. The molecule has 4 heteroatoms. The van der Waals surface area contributed by atoms with Gasteiger partial charge < -0.3 is 14.2 Å². The van der Waals surface area contributed by atoms with E-state index in [1.807, 2.05) is 18.2 Å². The highest BCUT2D eigenvalue weighted by Crippen LogP contribution is 1.96. The zero-order chi connectivity index (χ0) is 11.4. The van der Waals surface area contributed by atoms with Crippen molar-refractivity contribution in [2.24, 2.45) is 0 Å². The molecule has 1 heterocycles. The van der Waals surface area contributed by atoms with E-state index in [1.54, 1.807) is 33.7 Å². The summed E-state index contributed by atoms with van der Waals surface area (Å²) in [5, 5.41) is 0. The second kappa shape index (κ2) is 11.1. The summed E-state index contributed by atoms with van der Waals surface area (Å²) in [5.74, 6) is 0. The van der Waals surface area contributed by atoms with Crippen LogP contribution in [-0.4, -0.2) is 39.2 Å². The summed E-state index contributed by atoms with van der Waals surface area (Å²) in [4.78, 5) is 3.78. The van der Waals surface area contributed by atoms with Gasteiger partial charge in [0.2, 0.25) is 0 Å². The average molecular weight is 213 g/mol. The second-order valence-corrected chi connectivity index (χ2v) is 2.71. The first kappa shape index (κ1) is 14.0. The lowest BCUT2D eigenvalue weighted by Crippen LogP contribution is -2.14. The van der Waals surface area contributed by atoms with E-state index in [4.69, 9.17) is 14.2 Å². The normalized spacial score (nSPS) is 9.60. The lowest BCUT2D eigenvalue weighted by Gasteiger charge is -2.11. The van der Waals surface area contributed by atoms with Crippen molar-refractivity contribution in [1.82, 2.24) is 4.98 Å². The molecule has 0 spiro atoms. The molecule has 0 radical (unpaired) electrons. The SMILES string of the molecule is COCCC(OC)OC.c1ccncc1. The van der Waals surface area contributed by atoms with Gasteiger partial charge in [0, 0.05) is 40.1 Å². The van der Waals surface area contributed by atoms with Crippen LogP contribution in [0.1, 0.15) is 6.42 Å². The Labute approximate surface area is 91.2 Å². The molecule has 15 heavy (non-hydrogen) atoms. The molecule has 1 aromatic rings. The fourth-order valence-corrected chi connectivity index (χ4v) is 0.859. The standard InChI is InChI=1S/C6H14O3.C5H5N/c1-7-5-4-6(8-2)9-3;1-2-4-6-5-3-1/h6H,4-5H2,1-3H3;1-5H. The number of hydrogen-bond donors (Lipinski definition) is 0. The van der Waals surface area contributed by atoms with Crippen molar-refractivity contribution in [1.29, 1.82) is 0 Å². The zero-order valence-corrected chi connectivity index (χ0v) is 9.55. The quantitative estimate of drug-likeness (QED) is 0.698. The van der Waals surface area contributed by atoms with Crippen molar-refractivity contribution in [3.63, 3.8) is 0 Å². The summed E-state index contributed by atoms with van der Waals surface area (Å²) in [6.45, 7) is 0.673. The Morgan fingerprint density at radius 1 is 1.00 bits per heavy atom. The van der Waals surface area contributed by atoms with E-state index in [0.717, 1.165) is 6.42 Å². The van der Waals surface area contributed by atoms with E-state index < -0.39 is 0 Å². The van der Waals surface area contributed by atoms with Crippen LogP contribution in [0, 0.1) is 0 Å². The first-order chi connectivity index (χ1) is 7.35. The maximum atomic E-state index is 4.90. The van der Waals surface area contributed by atoms with Crippen LogP contribution in [0.3, 0.4) is 0 Å². The third-order valence-electron chi connectivity index (χ3n) is 1.65. The third kappa shape index (κ3) is 9.34. The second-order valence-electron chi connectivity index (χ2n) is 2.71. The maximum absolute atomic E-state index is 4.90. The Hall–Kier alpha value is -0.970. The molecule has 0 aliphatic carbocycles. The Morgan fingerprint density at radius 2 is 1.60 bits per heavy atom. The van der Waals surface area contributed by atoms with Crippen molar-refractivity contribution in [2.75, 3.05) is 27.9 Å². The lowest BCUT2D eigenvalue weighted by atomic mass is 10.4. The molecule has 0 aliphatic heterocycles. The molecule has 0 fully saturated rings. The van der Waals surface area contributed by atoms with Crippen LogP contribution in [0.15, 0.2) is 30.6 Å². The molecule has 0 saturated heterocycles. The summed E-state index contributed by atoms with van der Waals surface area (Å²) < 4.78 is 14.6. The van der Waals surface area contributed by atoms with Gasteiger partial charge in [-0.1, -0.05) is 6.07 Å². The fourth-order valence-electron chi connectivity index (χ4n) is 0.859. The van der Waals surface area contributed by atoms with E-state index >= 15 is 0 Å². The highest BCUT2D eigenvalue weighted by atomic mass is 16.7. The van der Waals surface area contributed by atoms with Gasteiger partial charge in [0.25, 0.3) is 0 Å². The summed E-state index contributed by atoms with van der Waals surface area (Å²) in [5.41, 5.74) is 0. The molecule has 86 valence electrons. The van der Waals surface area contributed by atoms with Crippen molar-refractivity contribution in [2.45, 2.75) is 12.7 Å². The number of pyridine rings is 1. The number of rotatable bonds is 5. The molecule has 0 unspecified atom stereocenters. The monoisotopic (exact) mass is 213 g/mol. The van der Waals surface area contributed by atoms with Crippen LogP contribution in [0.25, 0.3) is 0 Å². The van der Waals surface area contributed by atoms with Gasteiger partial charge in [0.15, 0.2) is 6.29 Å². The lowest BCUT2D eigenvalue weighted by molar-refractivity contribution is -0.113. The van der Waals surface area contributed by atoms with Gasteiger partial charge in [-0.2, -0.15) is 0 Å². The zero-order valence-electron chi connectivity index (χ0n) is 9.55. The molecule has 0 aliphatic rings. The number of hydrogen-bond acceptors (Lipinski definition) is 4. The molecule has 1 aromatic heterocycles. The molecule has 0 atom stereocenters. The van der Waals surface area contributed by atoms with Gasteiger partial charge in [0.1, 0.15) is 0 Å². The third-order valence-corrected chi connectivity index (χ3v) is 1.65. The van der Waals surface area contributed by atoms with Crippen molar-refractivity contribution >= 4 is 0 Å². The van der Waals surface area contributed by atoms with Crippen molar-refractivity contribution in [3.05, 3.63) is 30.6 Å². The van der Waals surface area contributed by atoms with Crippen LogP contribution < -0.4 is 0 Å². The predicted molar refractivity (Wildman–Crippen MR) is 58.5 cm³/mol. The van der Waals surface area contributed by atoms with Crippen LogP contribution in [0.5, 0.6) is 0 Å².